The van der Waals surface area contributed by atoms with Crippen LogP contribution in [0.4, 0.5) is 0 Å². The molecule has 4 aromatic rings. The number of imidazole rings is 1. The lowest BCUT2D eigenvalue weighted by Crippen LogP contribution is -2.15. The first-order valence-electron chi connectivity index (χ1n) is 9.89. The van der Waals surface area contributed by atoms with E-state index in [4.69, 9.17) is 0 Å². The molecule has 30 heavy (non-hydrogen) atoms. The lowest BCUT2D eigenvalue weighted by molar-refractivity contribution is 0.627. The van der Waals surface area contributed by atoms with Gasteiger partial charge in [-0.05, 0) is 42.3 Å². The number of hydrogen-bond acceptors (Lipinski definition) is 3. The predicted molar refractivity (Wildman–Crippen MR) is 120 cm³/mol. The second kappa shape index (κ2) is 9.44. The van der Waals surface area contributed by atoms with Crippen molar-refractivity contribution in [3.8, 4) is 17.5 Å². The van der Waals surface area contributed by atoms with E-state index < -0.39 is 0 Å². The van der Waals surface area contributed by atoms with E-state index in [0.29, 0.717) is 0 Å². The van der Waals surface area contributed by atoms with Gasteiger partial charge < -0.3 is 9.88 Å². The molecule has 0 atom stereocenters. The molecule has 0 aliphatic heterocycles. The van der Waals surface area contributed by atoms with Crippen LogP contribution in [0.25, 0.3) is 11.4 Å². The highest BCUT2D eigenvalue weighted by Gasteiger charge is 2.07. The molecule has 0 amide bonds. The van der Waals surface area contributed by atoms with Gasteiger partial charge in [0.2, 0.25) is 0 Å². The van der Waals surface area contributed by atoms with Crippen molar-refractivity contribution in [2.24, 2.45) is 0 Å². The first kappa shape index (κ1) is 19.3. The number of nitrogens with zero attached hydrogens (tertiary/aromatic N) is 4. The van der Waals surface area contributed by atoms with Gasteiger partial charge in [-0.3, -0.25) is 0 Å². The molecule has 0 unspecified atom stereocenters. The zero-order valence-electron chi connectivity index (χ0n) is 16.7. The van der Waals surface area contributed by atoms with Gasteiger partial charge in [-0.1, -0.05) is 42.7 Å². The van der Waals surface area contributed by atoms with Gasteiger partial charge in [-0.2, -0.15) is 5.10 Å². The fourth-order valence-electron chi connectivity index (χ4n) is 3.12. The number of aryl methyl sites for hydroxylation is 1. The number of hydrogen-bond donors (Lipinski definition) is 1. The predicted octanol–water partition coefficient (Wildman–Crippen LogP) is 4.12. The van der Waals surface area contributed by atoms with Crippen LogP contribution in [0.1, 0.15) is 23.1 Å². The van der Waals surface area contributed by atoms with Crippen LogP contribution in [0, 0.1) is 11.8 Å². The molecule has 0 saturated carbocycles. The van der Waals surface area contributed by atoms with E-state index in [1.807, 2.05) is 65.9 Å². The van der Waals surface area contributed by atoms with Gasteiger partial charge in [-0.15, -0.1) is 0 Å². The van der Waals surface area contributed by atoms with Crippen molar-refractivity contribution in [3.63, 3.8) is 0 Å². The van der Waals surface area contributed by atoms with Crippen molar-refractivity contribution < 1.29 is 0 Å². The normalized spacial score (nSPS) is 10.3. The zero-order valence-corrected chi connectivity index (χ0v) is 16.7. The maximum atomic E-state index is 4.37. The van der Waals surface area contributed by atoms with E-state index in [9.17, 15) is 0 Å². The van der Waals surface area contributed by atoms with Crippen LogP contribution in [0.2, 0.25) is 0 Å². The van der Waals surface area contributed by atoms with Crippen LogP contribution in [0.3, 0.4) is 0 Å². The van der Waals surface area contributed by atoms with Crippen molar-refractivity contribution >= 4 is 5.70 Å². The average Bonchev–Trinajstić information content (AvgIpc) is 3.50. The third-order valence-electron chi connectivity index (χ3n) is 4.70. The molecule has 0 saturated heterocycles. The van der Waals surface area contributed by atoms with Crippen molar-refractivity contribution in [3.05, 3.63) is 109 Å². The summed E-state index contributed by atoms with van der Waals surface area (Å²) in [6.45, 7) is 5.97. The Kier molecular flexibility index (Phi) is 6.07. The minimum atomic E-state index is 0.836. The fourth-order valence-corrected chi connectivity index (χ4v) is 3.12. The first-order chi connectivity index (χ1) is 14.8. The van der Waals surface area contributed by atoms with Crippen molar-refractivity contribution in [2.75, 3.05) is 6.54 Å². The Balaban J connectivity index is 1.51. The molecule has 5 heteroatoms. The van der Waals surface area contributed by atoms with Crippen LogP contribution in [0.15, 0.2) is 92.3 Å². The summed E-state index contributed by atoms with van der Waals surface area (Å²) in [5.41, 5.74) is 4.73. The van der Waals surface area contributed by atoms with Crippen molar-refractivity contribution in [1.29, 1.82) is 0 Å². The van der Waals surface area contributed by atoms with Crippen LogP contribution in [0.5, 0.6) is 0 Å². The second-order valence-corrected chi connectivity index (χ2v) is 6.86. The van der Waals surface area contributed by atoms with Crippen LogP contribution in [-0.4, -0.2) is 25.9 Å². The summed E-state index contributed by atoms with van der Waals surface area (Å²) in [7, 11) is 0. The lowest BCUT2D eigenvalue weighted by Gasteiger charge is -2.12. The molecule has 0 aliphatic rings. The summed E-state index contributed by atoms with van der Waals surface area (Å²) in [5.74, 6) is 6.56. The molecule has 2 aromatic heterocycles. The quantitative estimate of drug-likeness (QED) is 0.380. The Hall–Kier alpha value is -4.04. The molecule has 0 radical (unpaired) electrons. The Morgan fingerprint density at radius 1 is 1.00 bits per heavy atom. The zero-order chi connectivity index (χ0) is 20.6. The maximum Gasteiger partial charge on any atom is 0.0945 e. The molecule has 0 spiro atoms. The van der Waals surface area contributed by atoms with E-state index in [1.54, 1.807) is 12.4 Å². The molecular formula is C25H23N5. The Morgan fingerprint density at radius 2 is 1.90 bits per heavy atom. The molecule has 4 rings (SSSR count). The van der Waals surface area contributed by atoms with E-state index >= 15 is 0 Å². The largest absolute Gasteiger partial charge is 0.385 e. The summed E-state index contributed by atoms with van der Waals surface area (Å²) in [4.78, 5) is 4.07. The number of aromatic nitrogens is 4. The highest BCUT2D eigenvalue weighted by molar-refractivity contribution is 5.67. The Labute approximate surface area is 176 Å². The summed E-state index contributed by atoms with van der Waals surface area (Å²) in [5, 5.41) is 7.78. The van der Waals surface area contributed by atoms with E-state index in [1.165, 1.54) is 0 Å². The van der Waals surface area contributed by atoms with Gasteiger partial charge in [0.25, 0.3) is 0 Å². The van der Waals surface area contributed by atoms with E-state index in [0.717, 1.165) is 47.6 Å². The molecule has 148 valence electrons. The van der Waals surface area contributed by atoms with Crippen LogP contribution < -0.4 is 5.32 Å². The smallest absolute Gasteiger partial charge is 0.0945 e. The minimum Gasteiger partial charge on any atom is -0.385 e. The third kappa shape index (κ3) is 4.86. The third-order valence-corrected chi connectivity index (χ3v) is 4.70. The summed E-state index contributed by atoms with van der Waals surface area (Å²) < 4.78 is 3.90. The SMILES string of the molecule is C=C(NCCCn1ccnc1)c1ccc(-n2cccn2)c(C#Cc2ccccc2)c1. The van der Waals surface area contributed by atoms with E-state index in [2.05, 4.69) is 50.5 Å². The van der Waals surface area contributed by atoms with E-state index in [-0.39, 0.29) is 0 Å². The van der Waals surface area contributed by atoms with Crippen molar-refractivity contribution in [1.82, 2.24) is 24.6 Å². The number of rotatable bonds is 7. The average molecular weight is 393 g/mol. The van der Waals surface area contributed by atoms with Gasteiger partial charge in [-0.25, -0.2) is 9.67 Å². The van der Waals surface area contributed by atoms with Crippen molar-refractivity contribution in [2.45, 2.75) is 13.0 Å². The number of nitrogens with one attached hydrogen (secondary N) is 1. The summed E-state index contributed by atoms with van der Waals surface area (Å²) >= 11 is 0. The highest BCUT2D eigenvalue weighted by Crippen LogP contribution is 2.19. The van der Waals surface area contributed by atoms with Gasteiger partial charge in [0, 0.05) is 49.1 Å². The molecule has 0 fully saturated rings. The summed E-state index contributed by atoms with van der Waals surface area (Å²) in [6.07, 6.45) is 10.3. The van der Waals surface area contributed by atoms with Crippen LogP contribution in [-0.2, 0) is 6.54 Å². The Morgan fingerprint density at radius 3 is 2.67 bits per heavy atom. The standard InChI is InChI=1S/C25H23N5/c1-21(27-13-5-16-29-18-15-26-20-29)23-11-12-25(30-17-6-14-28-30)24(19-23)10-9-22-7-3-2-4-8-22/h2-4,6-8,11-12,14-15,17-20,27H,1,5,13,16H2. The topological polar surface area (TPSA) is 47.7 Å². The highest BCUT2D eigenvalue weighted by atomic mass is 15.3. The number of benzene rings is 2. The molecular weight excluding hydrogens is 370 g/mol. The second-order valence-electron chi connectivity index (χ2n) is 6.86. The van der Waals surface area contributed by atoms with Gasteiger partial charge >= 0.3 is 0 Å². The summed E-state index contributed by atoms with van der Waals surface area (Å²) in [6, 6.07) is 18.0. The van der Waals surface area contributed by atoms with Gasteiger partial charge in [0.15, 0.2) is 0 Å². The molecule has 2 aromatic carbocycles. The van der Waals surface area contributed by atoms with Gasteiger partial charge in [0.1, 0.15) is 0 Å². The fraction of sp³-hybridized carbons (Fsp3) is 0.120. The minimum absolute atomic E-state index is 0.836. The molecule has 2 heterocycles. The lowest BCUT2D eigenvalue weighted by atomic mass is 10.1. The molecule has 1 N–H and O–H groups in total. The monoisotopic (exact) mass is 393 g/mol. The van der Waals surface area contributed by atoms with Crippen LogP contribution >= 0.6 is 0 Å². The van der Waals surface area contributed by atoms with Gasteiger partial charge in [0.05, 0.1) is 17.6 Å². The maximum absolute atomic E-state index is 4.37. The molecule has 0 bridgehead atoms. The first-order valence-corrected chi connectivity index (χ1v) is 9.89. The Bertz CT molecular complexity index is 1150. The molecule has 5 nitrogen and oxygen atoms in total. The molecule has 0 aliphatic carbocycles.